The summed E-state index contributed by atoms with van der Waals surface area (Å²) >= 11 is 2.76. The highest BCUT2D eigenvalue weighted by Crippen LogP contribution is 2.21. The fraction of sp³-hybridized carbons (Fsp3) is 0.409. The van der Waals surface area contributed by atoms with Crippen LogP contribution in [0.15, 0.2) is 51.7 Å². The number of nitrogens with zero attached hydrogens (tertiary/aromatic N) is 2. The second-order valence-electron chi connectivity index (χ2n) is 7.12. The van der Waals surface area contributed by atoms with Gasteiger partial charge in [0.2, 0.25) is 5.91 Å². The van der Waals surface area contributed by atoms with E-state index in [0.717, 1.165) is 25.7 Å². The SMILES string of the molecule is CCCCn1c(SCC(=O)NC(C)CCc2ccccc2)nc2ccsc2c1=O. The van der Waals surface area contributed by atoms with Gasteiger partial charge in [0.1, 0.15) is 4.70 Å². The minimum atomic E-state index is -0.0303. The molecule has 0 bridgehead atoms. The van der Waals surface area contributed by atoms with E-state index in [1.54, 1.807) is 4.57 Å². The summed E-state index contributed by atoms with van der Waals surface area (Å²) < 4.78 is 2.41. The third-order valence-electron chi connectivity index (χ3n) is 4.71. The zero-order valence-corrected chi connectivity index (χ0v) is 18.5. The van der Waals surface area contributed by atoms with E-state index in [1.165, 1.54) is 28.7 Å². The zero-order valence-electron chi connectivity index (χ0n) is 16.9. The maximum atomic E-state index is 12.8. The largest absolute Gasteiger partial charge is 0.353 e. The Morgan fingerprint density at radius 1 is 1.28 bits per heavy atom. The van der Waals surface area contributed by atoms with E-state index in [0.29, 0.717) is 21.9 Å². The first-order valence-corrected chi connectivity index (χ1v) is 11.9. The molecule has 3 rings (SSSR count). The molecule has 154 valence electrons. The normalized spacial score (nSPS) is 12.2. The minimum absolute atomic E-state index is 0.00223. The second-order valence-corrected chi connectivity index (χ2v) is 8.98. The molecule has 0 aliphatic carbocycles. The van der Waals surface area contributed by atoms with Gasteiger partial charge in [0.25, 0.3) is 5.56 Å². The van der Waals surface area contributed by atoms with Crippen LogP contribution in [0.3, 0.4) is 0 Å². The Bertz CT molecular complexity index is 998. The van der Waals surface area contributed by atoms with Gasteiger partial charge in [-0.3, -0.25) is 14.2 Å². The first-order valence-electron chi connectivity index (χ1n) is 10.0. The Morgan fingerprint density at radius 2 is 2.07 bits per heavy atom. The number of rotatable bonds is 10. The number of thioether (sulfide) groups is 1. The first-order chi connectivity index (χ1) is 14.1. The van der Waals surface area contributed by atoms with Gasteiger partial charge >= 0.3 is 0 Å². The molecule has 0 saturated heterocycles. The Labute approximate surface area is 179 Å². The lowest BCUT2D eigenvalue weighted by atomic mass is 10.1. The van der Waals surface area contributed by atoms with Gasteiger partial charge in [-0.2, -0.15) is 0 Å². The molecule has 0 aliphatic rings. The monoisotopic (exact) mass is 429 g/mol. The number of fused-ring (bicyclic) bond motifs is 1. The van der Waals surface area contributed by atoms with Crippen LogP contribution >= 0.6 is 23.1 Å². The topological polar surface area (TPSA) is 64.0 Å². The van der Waals surface area contributed by atoms with E-state index in [-0.39, 0.29) is 23.3 Å². The lowest BCUT2D eigenvalue weighted by Gasteiger charge is -2.15. The molecule has 1 atom stereocenters. The van der Waals surface area contributed by atoms with Crippen LogP contribution < -0.4 is 10.9 Å². The van der Waals surface area contributed by atoms with Crippen molar-refractivity contribution >= 4 is 39.2 Å². The van der Waals surface area contributed by atoms with Crippen molar-refractivity contribution in [3.05, 3.63) is 57.7 Å². The van der Waals surface area contributed by atoms with Gasteiger partial charge in [0, 0.05) is 12.6 Å². The van der Waals surface area contributed by atoms with E-state index in [4.69, 9.17) is 0 Å². The predicted molar refractivity (Wildman–Crippen MR) is 122 cm³/mol. The van der Waals surface area contributed by atoms with Crippen molar-refractivity contribution in [2.24, 2.45) is 0 Å². The van der Waals surface area contributed by atoms with Crippen LogP contribution in [0.4, 0.5) is 0 Å². The molecule has 29 heavy (non-hydrogen) atoms. The highest BCUT2D eigenvalue weighted by Gasteiger charge is 2.15. The average Bonchev–Trinajstić information content (AvgIpc) is 3.20. The third kappa shape index (κ3) is 5.93. The standard InChI is InChI=1S/C22H27N3O2S2/c1-3-4-13-25-21(27)20-18(12-14-28-20)24-22(25)29-15-19(26)23-16(2)10-11-17-8-6-5-7-9-17/h5-9,12,14,16H,3-4,10-11,13,15H2,1-2H3,(H,23,26). The predicted octanol–water partition coefficient (Wildman–Crippen LogP) is 4.49. The van der Waals surface area contributed by atoms with Crippen molar-refractivity contribution in [2.75, 3.05) is 5.75 Å². The molecule has 5 nitrogen and oxygen atoms in total. The molecule has 1 amide bonds. The van der Waals surface area contributed by atoms with Crippen molar-refractivity contribution in [3.63, 3.8) is 0 Å². The number of aryl methyl sites for hydroxylation is 1. The Kier molecular flexibility index (Phi) is 7.89. The molecule has 1 N–H and O–H groups in total. The van der Waals surface area contributed by atoms with Gasteiger partial charge in [-0.1, -0.05) is 55.4 Å². The summed E-state index contributed by atoms with van der Waals surface area (Å²) in [6, 6.07) is 12.2. The molecular formula is C22H27N3O2S2. The van der Waals surface area contributed by atoms with Crippen molar-refractivity contribution < 1.29 is 4.79 Å². The van der Waals surface area contributed by atoms with Gasteiger partial charge in [-0.05, 0) is 43.2 Å². The number of unbranched alkanes of at least 4 members (excludes halogenated alkanes) is 1. The van der Waals surface area contributed by atoms with Gasteiger partial charge < -0.3 is 5.32 Å². The summed E-state index contributed by atoms with van der Waals surface area (Å²) in [6.07, 6.45) is 3.73. The minimum Gasteiger partial charge on any atom is -0.353 e. The fourth-order valence-corrected chi connectivity index (χ4v) is 4.71. The van der Waals surface area contributed by atoms with Crippen molar-refractivity contribution in [2.45, 2.75) is 57.3 Å². The molecule has 3 aromatic rings. The Morgan fingerprint density at radius 3 is 2.83 bits per heavy atom. The van der Waals surface area contributed by atoms with Crippen LogP contribution in [-0.2, 0) is 17.8 Å². The molecule has 0 radical (unpaired) electrons. The van der Waals surface area contributed by atoms with Gasteiger partial charge in [-0.15, -0.1) is 11.3 Å². The maximum absolute atomic E-state index is 12.8. The Hall–Kier alpha value is -2.12. The lowest BCUT2D eigenvalue weighted by Crippen LogP contribution is -2.34. The number of benzene rings is 1. The Balaban J connectivity index is 1.59. The molecule has 1 unspecified atom stereocenters. The smallest absolute Gasteiger partial charge is 0.272 e. The highest BCUT2D eigenvalue weighted by molar-refractivity contribution is 7.99. The van der Waals surface area contributed by atoms with Gasteiger partial charge in [-0.25, -0.2) is 4.98 Å². The summed E-state index contributed by atoms with van der Waals surface area (Å²) in [4.78, 5) is 29.8. The van der Waals surface area contributed by atoms with Gasteiger partial charge in [0.15, 0.2) is 5.16 Å². The molecule has 0 spiro atoms. The van der Waals surface area contributed by atoms with Gasteiger partial charge in [0.05, 0.1) is 11.3 Å². The lowest BCUT2D eigenvalue weighted by molar-refractivity contribution is -0.119. The number of nitrogens with one attached hydrogen (secondary N) is 1. The number of aromatic nitrogens is 2. The maximum Gasteiger partial charge on any atom is 0.272 e. The number of amides is 1. The molecule has 0 aliphatic heterocycles. The van der Waals surface area contributed by atoms with Crippen LogP contribution in [0.25, 0.3) is 10.2 Å². The number of thiophene rings is 1. The van der Waals surface area contributed by atoms with Crippen LogP contribution in [0.1, 0.15) is 38.7 Å². The zero-order chi connectivity index (χ0) is 20.6. The molecule has 7 heteroatoms. The molecule has 0 fully saturated rings. The fourth-order valence-electron chi connectivity index (χ4n) is 3.09. The van der Waals surface area contributed by atoms with Crippen molar-refractivity contribution in [1.82, 2.24) is 14.9 Å². The van der Waals surface area contributed by atoms with E-state index in [2.05, 4.69) is 29.4 Å². The number of hydrogen-bond acceptors (Lipinski definition) is 5. The van der Waals surface area contributed by atoms with E-state index in [1.807, 2.05) is 36.6 Å². The summed E-state index contributed by atoms with van der Waals surface area (Å²) in [7, 11) is 0. The van der Waals surface area contributed by atoms with Crippen LogP contribution in [0, 0.1) is 0 Å². The van der Waals surface area contributed by atoms with Crippen LogP contribution in [0.5, 0.6) is 0 Å². The van der Waals surface area contributed by atoms with Crippen LogP contribution in [-0.4, -0.2) is 27.3 Å². The molecule has 2 aromatic heterocycles. The summed E-state index contributed by atoms with van der Waals surface area (Å²) in [5.74, 6) is 0.224. The van der Waals surface area contributed by atoms with E-state index in [9.17, 15) is 9.59 Å². The van der Waals surface area contributed by atoms with Crippen molar-refractivity contribution in [1.29, 1.82) is 0 Å². The molecule has 2 heterocycles. The number of carbonyl (C=O) groups excluding carboxylic acids is 1. The molecule has 0 saturated carbocycles. The van der Waals surface area contributed by atoms with E-state index < -0.39 is 0 Å². The van der Waals surface area contributed by atoms with Crippen LogP contribution in [0.2, 0.25) is 0 Å². The second kappa shape index (κ2) is 10.6. The summed E-state index contributed by atoms with van der Waals surface area (Å²) in [6.45, 7) is 4.76. The third-order valence-corrected chi connectivity index (χ3v) is 6.58. The summed E-state index contributed by atoms with van der Waals surface area (Å²) in [5, 5.41) is 5.57. The molecule has 1 aromatic carbocycles. The number of hydrogen-bond donors (Lipinski definition) is 1. The average molecular weight is 430 g/mol. The highest BCUT2D eigenvalue weighted by atomic mass is 32.2. The number of carbonyl (C=O) groups is 1. The summed E-state index contributed by atoms with van der Waals surface area (Å²) in [5.41, 5.74) is 1.99. The van der Waals surface area contributed by atoms with E-state index >= 15 is 0 Å². The first kappa shape index (κ1) is 21.6. The quantitative estimate of drug-likeness (QED) is 0.381. The molecular weight excluding hydrogens is 402 g/mol. The van der Waals surface area contributed by atoms with Crippen molar-refractivity contribution in [3.8, 4) is 0 Å².